The predicted octanol–water partition coefficient (Wildman–Crippen LogP) is 1.75. The summed E-state index contributed by atoms with van der Waals surface area (Å²) >= 11 is 2.06. The van der Waals surface area contributed by atoms with Crippen molar-refractivity contribution in [3.63, 3.8) is 0 Å². The predicted molar refractivity (Wildman–Crippen MR) is 68.2 cm³/mol. The molecule has 5 heteroatoms. The summed E-state index contributed by atoms with van der Waals surface area (Å²) in [6.07, 6.45) is 3.79. The molecule has 2 rings (SSSR count). The zero-order valence-corrected chi connectivity index (χ0v) is 11.0. The highest BCUT2D eigenvalue weighted by molar-refractivity contribution is 14.1. The standard InChI is InChI=1S/C10H14IN3O/c1-10(2)4-3-5-14(10)8-7(11)9(15)13-6-12-8/h6H,3-5H2,1-2H3,(H,12,13,15). The first-order valence-corrected chi connectivity index (χ1v) is 6.11. The Kier molecular flexibility index (Phi) is 2.74. The molecule has 1 aromatic heterocycles. The van der Waals surface area contributed by atoms with Gasteiger partial charge in [0.15, 0.2) is 0 Å². The Bertz CT molecular complexity index is 427. The van der Waals surface area contributed by atoms with Crippen LogP contribution in [-0.2, 0) is 0 Å². The lowest BCUT2D eigenvalue weighted by Crippen LogP contribution is -2.40. The van der Waals surface area contributed by atoms with Crippen LogP contribution in [0.15, 0.2) is 11.1 Å². The largest absolute Gasteiger partial charge is 0.350 e. The van der Waals surface area contributed by atoms with E-state index in [9.17, 15) is 4.79 Å². The average molecular weight is 319 g/mol. The molecule has 1 aliphatic rings. The third kappa shape index (κ3) is 1.89. The fourth-order valence-electron chi connectivity index (χ4n) is 2.06. The fourth-order valence-corrected chi connectivity index (χ4v) is 2.65. The third-order valence-corrected chi connectivity index (χ3v) is 3.91. The van der Waals surface area contributed by atoms with Gasteiger partial charge in [0.1, 0.15) is 9.39 Å². The first kappa shape index (κ1) is 10.9. The van der Waals surface area contributed by atoms with E-state index >= 15 is 0 Å². The summed E-state index contributed by atoms with van der Waals surface area (Å²) in [5.74, 6) is 0.821. The second kappa shape index (κ2) is 3.77. The van der Waals surface area contributed by atoms with Gasteiger partial charge in [0.05, 0.1) is 6.33 Å². The molecule has 1 saturated heterocycles. The van der Waals surface area contributed by atoms with Gasteiger partial charge in [-0.05, 0) is 49.3 Å². The normalized spacial score (nSPS) is 19.5. The van der Waals surface area contributed by atoms with Gasteiger partial charge in [-0.2, -0.15) is 0 Å². The van der Waals surface area contributed by atoms with E-state index in [0.717, 1.165) is 25.2 Å². The van der Waals surface area contributed by atoms with Gasteiger partial charge >= 0.3 is 0 Å². The van der Waals surface area contributed by atoms with Gasteiger partial charge in [-0.15, -0.1) is 0 Å². The summed E-state index contributed by atoms with van der Waals surface area (Å²) in [5, 5.41) is 0. The van der Waals surface area contributed by atoms with Crippen LogP contribution in [0, 0.1) is 3.57 Å². The Morgan fingerprint density at radius 3 is 2.93 bits per heavy atom. The van der Waals surface area contributed by atoms with E-state index in [0.29, 0.717) is 3.57 Å². The van der Waals surface area contributed by atoms with Crippen molar-refractivity contribution in [1.29, 1.82) is 0 Å². The van der Waals surface area contributed by atoms with Crippen molar-refractivity contribution in [1.82, 2.24) is 9.97 Å². The van der Waals surface area contributed by atoms with E-state index in [-0.39, 0.29) is 11.1 Å². The maximum atomic E-state index is 11.5. The fraction of sp³-hybridized carbons (Fsp3) is 0.600. The smallest absolute Gasteiger partial charge is 0.266 e. The van der Waals surface area contributed by atoms with E-state index in [4.69, 9.17) is 0 Å². The molecule has 2 heterocycles. The molecule has 0 aromatic carbocycles. The lowest BCUT2D eigenvalue weighted by molar-refractivity contribution is 0.513. The quantitative estimate of drug-likeness (QED) is 0.803. The molecule has 4 nitrogen and oxygen atoms in total. The number of halogens is 1. The molecular weight excluding hydrogens is 305 g/mol. The Balaban J connectivity index is 2.46. The van der Waals surface area contributed by atoms with Crippen LogP contribution >= 0.6 is 22.6 Å². The molecule has 15 heavy (non-hydrogen) atoms. The number of hydrogen-bond acceptors (Lipinski definition) is 3. The van der Waals surface area contributed by atoms with Crippen LogP contribution in [0.4, 0.5) is 5.82 Å². The SMILES string of the molecule is CC1(C)CCCN1c1nc[nH]c(=O)c1I. The van der Waals surface area contributed by atoms with Gasteiger partial charge in [-0.1, -0.05) is 0 Å². The van der Waals surface area contributed by atoms with Crippen molar-refractivity contribution in [2.45, 2.75) is 32.2 Å². The molecule has 0 radical (unpaired) electrons. The number of hydrogen-bond donors (Lipinski definition) is 1. The molecule has 0 aliphatic carbocycles. The first-order chi connectivity index (χ1) is 7.02. The zero-order chi connectivity index (χ0) is 11.1. The van der Waals surface area contributed by atoms with Crippen molar-refractivity contribution in [3.05, 3.63) is 20.3 Å². The maximum Gasteiger partial charge on any atom is 0.266 e. The molecule has 0 amide bonds. The van der Waals surface area contributed by atoms with Crippen LogP contribution in [0.3, 0.4) is 0 Å². The van der Waals surface area contributed by atoms with Gasteiger partial charge in [0, 0.05) is 12.1 Å². The summed E-state index contributed by atoms with van der Waals surface area (Å²) in [5.41, 5.74) is 0.0593. The van der Waals surface area contributed by atoms with Crippen molar-refractivity contribution in [3.8, 4) is 0 Å². The van der Waals surface area contributed by atoms with Crippen LogP contribution in [0.1, 0.15) is 26.7 Å². The van der Waals surface area contributed by atoms with Crippen LogP contribution in [0.5, 0.6) is 0 Å². The number of aromatic nitrogens is 2. The number of anilines is 1. The van der Waals surface area contributed by atoms with E-state index < -0.39 is 0 Å². The minimum absolute atomic E-state index is 0.0525. The summed E-state index contributed by atoms with van der Waals surface area (Å²) in [6, 6.07) is 0. The molecule has 0 atom stereocenters. The highest BCUT2D eigenvalue weighted by atomic mass is 127. The van der Waals surface area contributed by atoms with E-state index in [1.807, 2.05) is 0 Å². The second-order valence-electron chi connectivity index (χ2n) is 4.44. The number of H-pyrrole nitrogens is 1. The lowest BCUT2D eigenvalue weighted by Gasteiger charge is -2.32. The van der Waals surface area contributed by atoms with Gasteiger partial charge in [0.25, 0.3) is 5.56 Å². The highest BCUT2D eigenvalue weighted by Gasteiger charge is 2.34. The van der Waals surface area contributed by atoms with Crippen molar-refractivity contribution >= 4 is 28.4 Å². The van der Waals surface area contributed by atoms with E-state index in [1.54, 1.807) is 0 Å². The van der Waals surface area contributed by atoms with Gasteiger partial charge < -0.3 is 9.88 Å². The summed E-state index contributed by atoms with van der Waals surface area (Å²) in [4.78, 5) is 20.6. The Morgan fingerprint density at radius 1 is 1.60 bits per heavy atom. The number of aromatic amines is 1. The molecule has 0 bridgehead atoms. The zero-order valence-electron chi connectivity index (χ0n) is 8.88. The molecule has 1 fully saturated rings. The van der Waals surface area contributed by atoms with Gasteiger partial charge in [-0.25, -0.2) is 4.98 Å². The molecule has 0 saturated carbocycles. The molecule has 1 aliphatic heterocycles. The van der Waals surface area contributed by atoms with Crippen LogP contribution in [0.2, 0.25) is 0 Å². The van der Waals surface area contributed by atoms with Crippen molar-refractivity contribution in [2.24, 2.45) is 0 Å². The van der Waals surface area contributed by atoms with Crippen molar-refractivity contribution in [2.75, 3.05) is 11.4 Å². The first-order valence-electron chi connectivity index (χ1n) is 5.03. The van der Waals surface area contributed by atoms with Crippen LogP contribution in [-0.4, -0.2) is 22.1 Å². The minimum Gasteiger partial charge on any atom is -0.350 e. The summed E-state index contributed by atoms with van der Waals surface area (Å²) in [6.45, 7) is 5.37. The summed E-state index contributed by atoms with van der Waals surface area (Å²) in [7, 11) is 0. The Hall–Kier alpha value is -0.590. The third-order valence-electron chi connectivity index (χ3n) is 2.93. The number of rotatable bonds is 1. The maximum absolute atomic E-state index is 11.5. The molecule has 1 N–H and O–H groups in total. The highest BCUT2D eigenvalue weighted by Crippen LogP contribution is 2.33. The van der Waals surface area contributed by atoms with E-state index in [2.05, 4.69) is 51.3 Å². The number of nitrogens with zero attached hydrogens (tertiary/aromatic N) is 2. The van der Waals surface area contributed by atoms with Gasteiger partial charge in [0.2, 0.25) is 0 Å². The van der Waals surface area contributed by atoms with Crippen LogP contribution < -0.4 is 10.5 Å². The minimum atomic E-state index is -0.0525. The van der Waals surface area contributed by atoms with Gasteiger partial charge in [-0.3, -0.25) is 4.79 Å². The number of nitrogens with one attached hydrogen (secondary N) is 1. The molecule has 0 unspecified atom stereocenters. The lowest BCUT2D eigenvalue weighted by atomic mass is 10.0. The summed E-state index contributed by atoms with van der Waals surface area (Å²) < 4.78 is 0.685. The van der Waals surface area contributed by atoms with Crippen LogP contribution in [0.25, 0.3) is 0 Å². The topological polar surface area (TPSA) is 49.0 Å². The van der Waals surface area contributed by atoms with E-state index in [1.165, 1.54) is 6.33 Å². The molecular formula is C10H14IN3O. The monoisotopic (exact) mass is 319 g/mol. The molecule has 1 aromatic rings. The van der Waals surface area contributed by atoms with Crippen molar-refractivity contribution < 1.29 is 0 Å². The second-order valence-corrected chi connectivity index (χ2v) is 5.52. The molecule has 0 spiro atoms. The average Bonchev–Trinajstić information content (AvgIpc) is 2.50. The Labute approximate surface area is 102 Å². The molecule has 82 valence electrons. The Morgan fingerprint density at radius 2 is 2.33 bits per heavy atom.